The Kier molecular flexibility index (Phi) is 21.7. The first-order valence-electron chi connectivity index (χ1n) is 28.7. The van der Waals surface area contributed by atoms with E-state index in [1.54, 1.807) is 0 Å². The number of rotatable bonds is 12. The van der Waals surface area contributed by atoms with Gasteiger partial charge in [0.15, 0.2) is 0 Å². The number of nitrogens with one attached hydrogen (secondary N) is 4. The number of phenolic OH excluding ortho intramolecular Hbond substituents is 4. The second-order valence-corrected chi connectivity index (χ2v) is 30.4. The zero-order valence-electron chi connectivity index (χ0n) is 53.7. The minimum Gasteiger partial charge on any atom is -0.507 e. The Morgan fingerprint density at radius 2 is 0.375 bits per heavy atom. The number of phenols is 4. The van der Waals surface area contributed by atoms with Gasteiger partial charge in [-0.1, -0.05) is 215 Å². The number of hydrazine groups is 2. The number of benzene rings is 4. The maximum absolute atomic E-state index is 12.6. The topological polar surface area (TPSA) is 197 Å². The smallest absolute Gasteiger partial charge is 0.238 e. The van der Waals surface area contributed by atoms with E-state index in [0.29, 0.717) is 48.7 Å². The van der Waals surface area contributed by atoms with Crippen LogP contribution in [0.3, 0.4) is 0 Å². The maximum atomic E-state index is 12.6. The molecule has 0 aliphatic carbocycles. The van der Waals surface area contributed by atoms with Crippen molar-refractivity contribution in [3.63, 3.8) is 0 Å². The first-order valence-corrected chi connectivity index (χ1v) is 28.7. The molecule has 4 aromatic carbocycles. The van der Waals surface area contributed by atoms with Crippen molar-refractivity contribution in [2.75, 3.05) is 0 Å². The molecule has 8 N–H and O–H groups in total. The Morgan fingerprint density at radius 1 is 0.263 bits per heavy atom. The summed E-state index contributed by atoms with van der Waals surface area (Å²) >= 11 is 0. The fourth-order valence-corrected chi connectivity index (χ4v) is 9.49. The quantitative estimate of drug-likeness (QED) is 0.0641. The van der Waals surface area contributed by atoms with Gasteiger partial charge < -0.3 is 20.4 Å². The molecule has 12 nitrogen and oxygen atoms in total. The van der Waals surface area contributed by atoms with Gasteiger partial charge in [-0.3, -0.25) is 40.9 Å². The molecular weight excluding hydrogens is 1000 g/mol. The van der Waals surface area contributed by atoms with Gasteiger partial charge in [-0.2, -0.15) is 0 Å². The zero-order valence-corrected chi connectivity index (χ0v) is 53.7. The summed E-state index contributed by atoms with van der Waals surface area (Å²) in [6.45, 7) is 49.5. The van der Waals surface area contributed by atoms with Crippen molar-refractivity contribution in [1.82, 2.24) is 21.7 Å². The summed E-state index contributed by atoms with van der Waals surface area (Å²) in [7, 11) is 0. The van der Waals surface area contributed by atoms with Gasteiger partial charge in [-0.05, 0) is 136 Å². The van der Waals surface area contributed by atoms with Gasteiger partial charge in [0.25, 0.3) is 0 Å². The lowest BCUT2D eigenvalue weighted by atomic mass is 9.78. The highest BCUT2D eigenvalue weighted by Gasteiger charge is 2.31. The Bertz CT molecular complexity index is 2330. The number of hydrogen-bond acceptors (Lipinski definition) is 8. The average Bonchev–Trinajstić information content (AvgIpc) is 3.28. The molecule has 0 heterocycles. The van der Waals surface area contributed by atoms with Crippen molar-refractivity contribution in [3.8, 4) is 23.0 Å². The predicted molar refractivity (Wildman–Crippen MR) is 328 cm³/mol. The van der Waals surface area contributed by atoms with E-state index < -0.39 is 0 Å². The van der Waals surface area contributed by atoms with E-state index >= 15 is 0 Å². The molecule has 80 heavy (non-hydrogen) atoms. The number of carbonyl (C=O) groups excluding carboxylic acids is 4. The Hall–Kier alpha value is -6.04. The molecule has 0 aliphatic heterocycles. The first kappa shape index (κ1) is 68.2. The molecule has 4 aromatic rings. The molecule has 4 rings (SSSR count). The molecule has 4 amide bonds. The summed E-state index contributed by atoms with van der Waals surface area (Å²) in [5.41, 5.74) is 19.1. The van der Waals surface area contributed by atoms with E-state index in [2.05, 4.69) is 188 Å². The number of aromatic hydroxyl groups is 4. The molecule has 0 unspecified atom stereocenters. The monoisotopic (exact) mass is 1100 g/mol. The van der Waals surface area contributed by atoms with Crippen molar-refractivity contribution >= 4 is 23.6 Å². The largest absolute Gasteiger partial charge is 0.507 e. The Morgan fingerprint density at radius 3 is 0.475 bits per heavy atom. The van der Waals surface area contributed by atoms with Crippen LogP contribution < -0.4 is 21.7 Å². The number of hydrogen-bond donors (Lipinski definition) is 8. The van der Waals surface area contributed by atoms with Crippen molar-refractivity contribution in [2.24, 2.45) is 0 Å². The molecule has 0 radical (unpaired) electrons. The molecule has 12 heteroatoms. The van der Waals surface area contributed by atoms with Gasteiger partial charge in [0, 0.05) is 25.7 Å². The third-order valence-electron chi connectivity index (χ3n) is 14.4. The van der Waals surface area contributed by atoms with Crippen molar-refractivity contribution < 1.29 is 39.6 Å². The lowest BCUT2D eigenvalue weighted by molar-refractivity contribution is -0.128. The predicted octanol–water partition coefficient (Wildman–Crippen LogP) is 14.0. The SMILES string of the molecule is CC(C)(C)c1cc(CCC(=O)NNC(=O)CCc2cc(C(C)(C)C)c(O)c(C(C)(C)C)c2)cc(C(C)(C)C)c1O.CC(C)(C)c1cc(CCC(=O)NNC(=O)CCc2cc(C(C)(C)C)c(O)c(C(C)(C)C)c2)cc(C(C)(C)C)c1O. The molecule has 0 fully saturated rings. The van der Waals surface area contributed by atoms with Gasteiger partial charge in [0.2, 0.25) is 23.6 Å². The normalized spacial score (nSPS) is 12.8. The van der Waals surface area contributed by atoms with Crippen molar-refractivity contribution in [3.05, 3.63) is 115 Å². The molecule has 0 spiro atoms. The summed E-state index contributed by atoms with van der Waals surface area (Å²) in [6.07, 6.45) is 2.81. The van der Waals surface area contributed by atoms with Crippen LogP contribution in [0.1, 0.15) is 259 Å². The second-order valence-electron chi connectivity index (χ2n) is 30.4. The standard InChI is InChI=1S/2C34H52N2O4/c2*1-31(2,3)23-17-21(18-24(29(23)39)32(4,5)6)13-15-27(37)35-36-28(38)16-14-22-19-25(33(7,8)9)30(40)26(20-22)34(10,11)12/h2*17-20,39-40H,13-16H2,1-12H3,(H,35,37)(H,36,38). The van der Waals surface area contributed by atoms with E-state index in [1.807, 2.05) is 48.5 Å². The summed E-state index contributed by atoms with van der Waals surface area (Å²) in [5, 5.41) is 43.7. The van der Waals surface area contributed by atoms with Crippen LogP contribution in [-0.4, -0.2) is 44.1 Å². The Balaban J connectivity index is 0.000000420. The van der Waals surface area contributed by atoms with E-state index in [-0.39, 0.29) is 92.6 Å². The number of aryl methyl sites for hydroxylation is 4. The molecule has 0 aliphatic rings. The second kappa shape index (κ2) is 25.4. The summed E-state index contributed by atoms with van der Waals surface area (Å²) < 4.78 is 0. The highest BCUT2D eigenvalue weighted by atomic mass is 16.3. The molecule has 0 saturated heterocycles. The molecular formula is C68H104N4O8. The zero-order chi connectivity index (χ0) is 61.7. The maximum Gasteiger partial charge on any atom is 0.238 e. The van der Waals surface area contributed by atoms with Crippen LogP contribution in [0.4, 0.5) is 0 Å². The van der Waals surface area contributed by atoms with Crippen LogP contribution >= 0.6 is 0 Å². The summed E-state index contributed by atoms with van der Waals surface area (Å²) in [5.74, 6) is 0.182. The number of amides is 4. The van der Waals surface area contributed by atoms with Crippen LogP contribution in [0.5, 0.6) is 23.0 Å². The average molecular weight is 1110 g/mol. The molecule has 0 bridgehead atoms. The Labute approximate surface area is 482 Å². The molecule has 444 valence electrons. The van der Waals surface area contributed by atoms with E-state index in [4.69, 9.17) is 0 Å². The van der Waals surface area contributed by atoms with Gasteiger partial charge in [-0.15, -0.1) is 0 Å². The van der Waals surface area contributed by atoms with Gasteiger partial charge in [0.1, 0.15) is 23.0 Å². The lowest BCUT2D eigenvalue weighted by Gasteiger charge is -2.28. The third kappa shape index (κ3) is 19.6. The summed E-state index contributed by atoms with van der Waals surface area (Å²) in [6, 6.07) is 15.8. The van der Waals surface area contributed by atoms with E-state index in [1.165, 1.54) is 0 Å². The van der Waals surface area contributed by atoms with Crippen LogP contribution in [0.15, 0.2) is 48.5 Å². The highest BCUT2D eigenvalue weighted by Crippen LogP contribution is 2.44. The minimum absolute atomic E-state index is 0.208. The van der Waals surface area contributed by atoms with E-state index in [9.17, 15) is 39.6 Å². The van der Waals surface area contributed by atoms with Crippen molar-refractivity contribution in [2.45, 2.75) is 261 Å². The van der Waals surface area contributed by atoms with Gasteiger partial charge in [0.05, 0.1) is 0 Å². The third-order valence-corrected chi connectivity index (χ3v) is 14.4. The fraction of sp³-hybridized carbons (Fsp3) is 0.588. The van der Waals surface area contributed by atoms with Crippen LogP contribution in [0, 0.1) is 0 Å². The minimum atomic E-state index is -0.272. The summed E-state index contributed by atoms with van der Waals surface area (Å²) in [4.78, 5) is 50.3. The van der Waals surface area contributed by atoms with Crippen molar-refractivity contribution in [1.29, 1.82) is 0 Å². The van der Waals surface area contributed by atoms with Crippen LogP contribution in [0.2, 0.25) is 0 Å². The molecule has 0 aromatic heterocycles. The molecule has 0 saturated carbocycles. The highest BCUT2D eigenvalue weighted by molar-refractivity contribution is 5.83. The van der Waals surface area contributed by atoms with E-state index in [0.717, 1.165) is 66.8 Å². The lowest BCUT2D eigenvalue weighted by Crippen LogP contribution is -2.41. The number of carbonyl (C=O) groups is 4. The van der Waals surface area contributed by atoms with Crippen LogP contribution in [0.25, 0.3) is 0 Å². The first-order chi connectivity index (χ1) is 36.0. The fourth-order valence-electron chi connectivity index (χ4n) is 9.49. The molecule has 0 atom stereocenters. The van der Waals surface area contributed by atoms with Gasteiger partial charge in [-0.25, -0.2) is 0 Å². The van der Waals surface area contributed by atoms with Crippen LogP contribution in [-0.2, 0) is 88.2 Å². The van der Waals surface area contributed by atoms with Gasteiger partial charge >= 0.3 is 0 Å².